The van der Waals surface area contributed by atoms with E-state index in [1.54, 1.807) is 7.11 Å². The molecule has 1 saturated heterocycles. The summed E-state index contributed by atoms with van der Waals surface area (Å²) < 4.78 is 5.62. The molecule has 2 rings (SSSR count). The van der Waals surface area contributed by atoms with E-state index in [0.717, 1.165) is 23.7 Å². The van der Waals surface area contributed by atoms with Crippen LogP contribution in [0.15, 0.2) is 12.1 Å². The molecule has 0 aromatic heterocycles. The van der Waals surface area contributed by atoms with Crippen molar-refractivity contribution in [3.05, 3.63) is 28.3 Å². The predicted octanol–water partition coefficient (Wildman–Crippen LogP) is 3.77. The van der Waals surface area contributed by atoms with Crippen molar-refractivity contribution < 1.29 is 4.74 Å². The van der Waals surface area contributed by atoms with Gasteiger partial charge in [0, 0.05) is 11.1 Å². The van der Waals surface area contributed by atoms with Crippen molar-refractivity contribution in [3.63, 3.8) is 0 Å². The van der Waals surface area contributed by atoms with Crippen molar-refractivity contribution in [2.75, 3.05) is 13.7 Å². The largest absolute Gasteiger partial charge is 0.496 e. The molecule has 18 heavy (non-hydrogen) atoms. The smallest absolute Gasteiger partial charge is 0.125 e. The Kier molecular flexibility index (Phi) is 4.52. The lowest BCUT2D eigenvalue weighted by atomic mass is 9.95. The molecule has 1 aliphatic heterocycles. The SMILES string of the molecule is COc1c(CC2CCCN2)cc(Cl)cc1C(C)C. The van der Waals surface area contributed by atoms with Crippen molar-refractivity contribution >= 4 is 11.6 Å². The van der Waals surface area contributed by atoms with Gasteiger partial charge in [-0.15, -0.1) is 0 Å². The number of halogens is 1. The highest BCUT2D eigenvalue weighted by Gasteiger charge is 2.19. The molecule has 0 bridgehead atoms. The van der Waals surface area contributed by atoms with E-state index in [9.17, 15) is 0 Å². The Morgan fingerprint density at radius 2 is 2.22 bits per heavy atom. The van der Waals surface area contributed by atoms with Crippen molar-refractivity contribution in [1.82, 2.24) is 5.32 Å². The molecular weight excluding hydrogens is 246 g/mol. The molecule has 0 aliphatic carbocycles. The third kappa shape index (κ3) is 2.99. The maximum Gasteiger partial charge on any atom is 0.125 e. The Labute approximate surface area is 115 Å². The van der Waals surface area contributed by atoms with Crippen LogP contribution in [0.5, 0.6) is 5.75 Å². The van der Waals surface area contributed by atoms with E-state index < -0.39 is 0 Å². The summed E-state index contributed by atoms with van der Waals surface area (Å²) in [7, 11) is 1.75. The molecule has 0 radical (unpaired) electrons. The van der Waals surface area contributed by atoms with Crippen LogP contribution in [-0.2, 0) is 6.42 Å². The molecule has 100 valence electrons. The Balaban J connectivity index is 2.31. The number of rotatable bonds is 4. The highest BCUT2D eigenvalue weighted by atomic mass is 35.5. The minimum absolute atomic E-state index is 0.425. The molecule has 1 aromatic rings. The monoisotopic (exact) mass is 267 g/mol. The topological polar surface area (TPSA) is 21.3 Å². The number of nitrogens with one attached hydrogen (secondary N) is 1. The lowest BCUT2D eigenvalue weighted by Crippen LogP contribution is -2.24. The Morgan fingerprint density at radius 1 is 1.44 bits per heavy atom. The van der Waals surface area contributed by atoms with Gasteiger partial charge in [-0.2, -0.15) is 0 Å². The van der Waals surface area contributed by atoms with Gasteiger partial charge in [0.05, 0.1) is 7.11 Å². The number of methoxy groups -OCH3 is 1. The molecule has 1 heterocycles. The normalized spacial score (nSPS) is 19.5. The lowest BCUT2D eigenvalue weighted by Gasteiger charge is -2.19. The van der Waals surface area contributed by atoms with Crippen molar-refractivity contribution in [2.24, 2.45) is 0 Å². The predicted molar refractivity (Wildman–Crippen MR) is 76.8 cm³/mol. The van der Waals surface area contributed by atoms with E-state index in [2.05, 4.69) is 19.2 Å². The van der Waals surface area contributed by atoms with E-state index in [-0.39, 0.29) is 0 Å². The first kappa shape index (κ1) is 13.7. The standard InChI is InChI=1S/C15H22ClNO/c1-10(2)14-9-12(16)7-11(15(14)18-3)8-13-5-4-6-17-13/h7,9-10,13,17H,4-6,8H2,1-3H3. The number of ether oxygens (including phenoxy) is 1. The third-order valence-corrected chi connectivity index (χ3v) is 3.83. The summed E-state index contributed by atoms with van der Waals surface area (Å²) in [5.74, 6) is 1.44. The summed E-state index contributed by atoms with van der Waals surface area (Å²) in [5, 5.41) is 4.34. The molecule has 0 amide bonds. The zero-order chi connectivity index (χ0) is 13.1. The van der Waals surface area contributed by atoms with Crippen LogP contribution in [0.1, 0.15) is 43.7 Å². The number of hydrogen-bond donors (Lipinski definition) is 1. The lowest BCUT2D eigenvalue weighted by molar-refractivity contribution is 0.399. The second-order valence-electron chi connectivity index (χ2n) is 5.34. The van der Waals surface area contributed by atoms with Gasteiger partial charge in [-0.3, -0.25) is 0 Å². The summed E-state index contributed by atoms with van der Waals surface area (Å²) in [5.41, 5.74) is 2.44. The molecule has 1 aliphatic rings. The van der Waals surface area contributed by atoms with Gasteiger partial charge < -0.3 is 10.1 Å². The maximum atomic E-state index is 6.23. The molecule has 1 N–H and O–H groups in total. The van der Waals surface area contributed by atoms with Crippen LogP contribution >= 0.6 is 11.6 Å². The summed E-state index contributed by atoms with van der Waals surface area (Å²) in [6.07, 6.45) is 3.51. The quantitative estimate of drug-likeness (QED) is 0.897. The van der Waals surface area contributed by atoms with Crippen molar-refractivity contribution in [1.29, 1.82) is 0 Å². The van der Waals surface area contributed by atoms with Gasteiger partial charge in [-0.05, 0) is 55.0 Å². The van der Waals surface area contributed by atoms with E-state index >= 15 is 0 Å². The summed E-state index contributed by atoms with van der Waals surface area (Å²) in [6.45, 7) is 5.47. The van der Waals surface area contributed by atoms with Crippen LogP contribution in [0.4, 0.5) is 0 Å². The van der Waals surface area contributed by atoms with E-state index in [1.807, 2.05) is 12.1 Å². The Bertz CT molecular complexity index is 411. The van der Waals surface area contributed by atoms with Gasteiger partial charge in [0.15, 0.2) is 0 Å². The average molecular weight is 268 g/mol. The average Bonchev–Trinajstić information content (AvgIpc) is 2.81. The van der Waals surface area contributed by atoms with Gasteiger partial charge in [0.1, 0.15) is 5.75 Å². The molecular formula is C15H22ClNO. The van der Waals surface area contributed by atoms with Crippen molar-refractivity contribution in [2.45, 2.75) is 45.1 Å². The molecule has 0 spiro atoms. The van der Waals surface area contributed by atoms with Crippen LogP contribution in [0.3, 0.4) is 0 Å². The zero-order valence-electron chi connectivity index (χ0n) is 11.4. The van der Waals surface area contributed by atoms with Gasteiger partial charge in [-0.1, -0.05) is 25.4 Å². The Morgan fingerprint density at radius 3 is 2.78 bits per heavy atom. The highest BCUT2D eigenvalue weighted by molar-refractivity contribution is 6.30. The molecule has 1 unspecified atom stereocenters. The number of benzene rings is 1. The highest BCUT2D eigenvalue weighted by Crippen LogP contribution is 2.34. The fraction of sp³-hybridized carbons (Fsp3) is 0.600. The first-order chi connectivity index (χ1) is 8.61. The molecule has 2 nitrogen and oxygen atoms in total. The van der Waals surface area contributed by atoms with Crippen molar-refractivity contribution in [3.8, 4) is 5.75 Å². The molecule has 1 fully saturated rings. The van der Waals surface area contributed by atoms with Crippen LogP contribution in [-0.4, -0.2) is 19.7 Å². The summed E-state index contributed by atoms with van der Waals surface area (Å²) in [4.78, 5) is 0. The minimum atomic E-state index is 0.425. The third-order valence-electron chi connectivity index (χ3n) is 3.61. The Hall–Kier alpha value is -0.730. The van der Waals surface area contributed by atoms with Gasteiger partial charge >= 0.3 is 0 Å². The fourth-order valence-corrected chi connectivity index (χ4v) is 2.95. The van der Waals surface area contributed by atoms with Crippen LogP contribution in [0.2, 0.25) is 5.02 Å². The second kappa shape index (κ2) is 5.94. The first-order valence-electron chi connectivity index (χ1n) is 6.71. The molecule has 1 aromatic carbocycles. The van der Waals surface area contributed by atoms with Crippen LogP contribution in [0, 0.1) is 0 Å². The fourth-order valence-electron chi connectivity index (χ4n) is 2.70. The van der Waals surface area contributed by atoms with Crippen LogP contribution in [0.25, 0.3) is 0 Å². The van der Waals surface area contributed by atoms with E-state index in [1.165, 1.54) is 24.0 Å². The van der Waals surface area contributed by atoms with E-state index in [0.29, 0.717) is 12.0 Å². The van der Waals surface area contributed by atoms with Gasteiger partial charge in [-0.25, -0.2) is 0 Å². The number of hydrogen-bond acceptors (Lipinski definition) is 2. The van der Waals surface area contributed by atoms with Gasteiger partial charge in [0.25, 0.3) is 0 Å². The first-order valence-corrected chi connectivity index (χ1v) is 7.09. The minimum Gasteiger partial charge on any atom is -0.496 e. The maximum absolute atomic E-state index is 6.23. The van der Waals surface area contributed by atoms with Crippen LogP contribution < -0.4 is 10.1 Å². The van der Waals surface area contributed by atoms with E-state index in [4.69, 9.17) is 16.3 Å². The summed E-state index contributed by atoms with van der Waals surface area (Å²) in [6, 6.07) is 4.64. The second-order valence-corrected chi connectivity index (χ2v) is 5.78. The molecule has 3 heteroatoms. The molecule has 1 atom stereocenters. The molecule has 0 saturated carbocycles. The summed E-state index contributed by atoms with van der Waals surface area (Å²) >= 11 is 6.23. The zero-order valence-corrected chi connectivity index (χ0v) is 12.2. The van der Waals surface area contributed by atoms with Gasteiger partial charge in [0.2, 0.25) is 0 Å².